The average Bonchev–Trinajstić information content (AvgIpc) is 3.02. The van der Waals surface area contributed by atoms with Crippen molar-refractivity contribution in [1.29, 1.82) is 0 Å². The molecular formula is C19H19N5O. The Balaban J connectivity index is 1.96. The maximum Gasteiger partial charge on any atom is 0.221 e. The molecule has 25 heavy (non-hydrogen) atoms. The molecule has 0 spiro atoms. The van der Waals surface area contributed by atoms with Gasteiger partial charge in [-0.1, -0.05) is 12.1 Å². The van der Waals surface area contributed by atoms with E-state index in [1.165, 1.54) is 6.92 Å². The van der Waals surface area contributed by atoms with Crippen LogP contribution in [0.5, 0.6) is 0 Å². The topological polar surface area (TPSA) is 75.6 Å². The van der Waals surface area contributed by atoms with Gasteiger partial charge in [-0.05, 0) is 42.8 Å². The number of hydrogen-bond acceptors (Lipinski definition) is 3. The van der Waals surface area contributed by atoms with Crippen LogP contribution in [0.4, 0.5) is 5.69 Å². The van der Waals surface area contributed by atoms with Crippen LogP contribution in [0.25, 0.3) is 16.8 Å². The van der Waals surface area contributed by atoms with Crippen LogP contribution in [0, 0.1) is 6.92 Å². The van der Waals surface area contributed by atoms with E-state index in [2.05, 4.69) is 20.4 Å². The molecule has 0 aliphatic carbocycles. The zero-order valence-electron chi connectivity index (χ0n) is 14.1. The first-order chi connectivity index (χ1) is 12.1. The smallest absolute Gasteiger partial charge is 0.221 e. The molecule has 2 aromatic heterocycles. The van der Waals surface area contributed by atoms with Gasteiger partial charge in [0.15, 0.2) is 0 Å². The highest BCUT2D eigenvalue weighted by molar-refractivity contribution is 5.89. The van der Waals surface area contributed by atoms with Gasteiger partial charge in [-0.25, -0.2) is 9.67 Å². The number of carbonyl (C=O) groups is 1. The maximum absolute atomic E-state index is 11.1. The number of hydrogen-bond donors (Lipinski definition) is 2. The number of benzene rings is 1. The minimum Gasteiger partial charge on any atom is -0.353 e. The summed E-state index contributed by atoms with van der Waals surface area (Å²) in [4.78, 5) is 18.2. The van der Waals surface area contributed by atoms with Crippen LogP contribution in [0.1, 0.15) is 12.6 Å². The van der Waals surface area contributed by atoms with Crippen molar-refractivity contribution in [3.63, 3.8) is 0 Å². The summed E-state index contributed by atoms with van der Waals surface area (Å²) in [6.07, 6.45) is 7.11. The minimum absolute atomic E-state index is 0.0825. The first-order valence-corrected chi connectivity index (χ1v) is 7.89. The summed E-state index contributed by atoms with van der Waals surface area (Å²) in [7, 11) is 0. The Bertz CT molecular complexity index is 899. The van der Waals surface area contributed by atoms with E-state index in [1.54, 1.807) is 18.7 Å². The van der Waals surface area contributed by atoms with Crippen LogP contribution in [0.15, 0.2) is 67.4 Å². The second kappa shape index (κ2) is 7.44. The molecule has 3 aromatic rings. The Morgan fingerprint density at radius 1 is 1.16 bits per heavy atom. The van der Waals surface area contributed by atoms with Crippen LogP contribution < -0.4 is 5.32 Å². The Labute approximate surface area is 145 Å². The van der Waals surface area contributed by atoms with Gasteiger partial charge in [-0.3, -0.25) is 4.79 Å². The fourth-order valence-electron chi connectivity index (χ4n) is 2.47. The second-order valence-corrected chi connectivity index (χ2v) is 5.54. The van der Waals surface area contributed by atoms with Crippen molar-refractivity contribution in [3.05, 3.63) is 73.1 Å². The van der Waals surface area contributed by atoms with Crippen molar-refractivity contribution in [2.45, 2.75) is 13.8 Å². The molecule has 0 saturated carbocycles. The first-order valence-electron chi connectivity index (χ1n) is 7.89. The molecule has 0 bridgehead atoms. The van der Waals surface area contributed by atoms with Crippen molar-refractivity contribution >= 4 is 11.6 Å². The Hall–Kier alpha value is -3.41. The minimum atomic E-state index is -0.0825. The molecular weight excluding hydrogens is 314 g/mol. The number of nitrogens with zero attached hydrogens (tertiary/aromatic N) is 3. The summed E-state index contributed by atoms with van der Waals surface area (Å²) in [6.45, 7) is 3.47. The molecule has 0 saturated heterocycles. The summed E-state index contributed by atoms with van der Waals surface area (Å²) in [6, 6.07) is 13.5. The van der Waals surface area contributed by atoms with Crippen LogP contribution in [0.2, 0.25) is 0 Å². The summed E-state index contributed by atoms with van der Waals surface area (Å²) in [5.74, 6) is -0.0825. The van der Waals surface area contributed by atoms with Gasteiger partial charge < -0.3 is 10.3 Å². The van der Waals surface area contributed by atoms with Crippen LogP contribution >= 0.6 is 0 Å². The molecule has 6 nitrogen and oxygen atoms in total. The number of aryl methyl sites for hydroxylation is 1. The number of amides is 1. The molecule has 2 heterocycles. The SMILES string of the molecule is CC(=O)Nc1ccc(-c2cn(-c3ccc[nH]cncc3)nc2C)cc1. The summed E-state index contributed by atoms with van der Waals surface area (Å²) in [5.41, 5.74) is 4.68. The van der Waals surface area contributed by atoms with Crippen LogP contribution in [-0.4, -0.2) is 25.7 Å². The molecule has 0 fully saturated rings. The molecule has 0 unspecified atom stereocenters. The Kier molecular flexibility index (Phi) is 4.89. The number of carbonyl (C=O) groups excluding carboxylic acids is 1. The molecule has 0 aliphatic rings. The van der Waals surface area contributed by atoms with E-state index in [0.717, 1.165) is 28.2 Å². The number of nitrogens with one attached hydrogen (secondary N) is 2. The van der Waals surface area contributed by atoms with Crippen LogP contribution in [0.3, 0.4) is 0 Å². The summed E-state index contributed by atoms with van der Waals surface area (Å²) in [5, 5.41) is 7.37. The lowest BCUT2D eigenvalue weighted by atomic mass is 10.1. The standard InChI is InChI=1S/C19H19N5O/c1-14-19(16-5-7-17(8-6-16)22-15(2)25)12-24(23-14)18-4-3-10-20-13-21-11-9-18/h3-13H,1-2H3,(H,20,21)(H,22,25). The van der Waals surface area contributed by atoms with E-state index in [1.807, 2.05) is 60.3 Å². The number of aromatic amines is 1. The van der Waals surface area contributed by atoms with Gasteiger partial charge >= 0.3 is 0 Å². The molecule has 6 heteroatoms. The first kappa shape index (κ1) is 16.4. The average molecular weight is 333 g/mol. The molecule has 1 aromatic carbocycles. The summed E-state index contributed by atoms with van der Waals surface area (Å²) < 4.78 is 1.83. The quantitative estimate of drug-likeness (QED) is 0.768. The maximum atomic E-state index is 11.1. The van der Waals surface area contributed by atoms with Crippen molar-refractivity contribution in [3.8, 4) is 16.8 Å². The zero-order valence-corrected chi connectivity index (χ0v) is 14.1. The van der Waals surface area contributed by atoms with Crippen molar-refractivity contribution in [2.75, 3.05) is 5.32 Å². The molecule has 0 radical (unpaired) electrons. The number of aromatic nitrogens is 4. The highest BCUT2D eigenvalue weighted by Crippen LogP contribution is 2.25. The lowest BCUT2D eigenvalue weighted by Crippen LogP contribution is -2.05. The summed E-state index contributed by atoms with van der Waals surface area (Å²) >= 11 is 0. The van der Waals surface area contributed by atoms with Crippen molar-refractivity contribution in [1.82, 2.24) is 19.7 Å². The van der Waals surface area contributed by atoms with Gasteiger partial charge in [-0.2, -0.15) is 5.10 Å². The fraction of sp³-hybridized carbons (Fsp3) is 0.105. The van der Waals surface area contributed by atoms with Crippen LogP contribution in [-0.2, 0) is 4.79 Å². The predicted octanol–water partition coefficient (Wildman–Crippen LogP) is 3.65. The van der Waals surface area contributed by atoms with Gasteiger partial charge in [0, 0.05) is 36.8 Å². The van der Waals surface area contributed by atoms with E-state index < -0.39 is 0 Å². The largest absolute Gasteiger partial charge is 0.353 e. The van der Waals surface area contributed by atoms with E-state index in [4.69, 9.17) is 0 Å². The Morgan fingerprint density at radius 2 is 1.96 bits per heavy atom. The molecule has 2 N–H and O–H groups in total. The van der Waals surface area contributed by atoms with E-state index in [-0.39, 0.29) is 5.91 Å². The third kappa shape index (κ3) is 4.11. The van der Waals surface area contributed by atoms with Crippen molar-refractivity contribution < 1.29 is 4.79 Å². The van der Waals surface area contributed by atoms with Gasteiger partial charge in [0.05, 0.1) is 17.7 Å². The molecule has 1 amide bonds. The monoisotopic (exact) mass is 333 g/mol. The molecule has 126 valence electrons. The van der Waals surface area contributed by atoms with Gasteiger partial charge in [0.2, 0.25) is 5.91 Å². The third-order valence-electron chi connectivity index (χ3n) is 3.62. The van der Waals surface area contributed by atoms with Gasteiger partial charge in [-0.15, -0.1) is 0 Å². The lowest BCUT2D eigenvalue weighted by molar-refractivity contribution is -0.114. The van der Waals surface area contributed by atoms with Gasteiger partial charge in [0.25, 0.3) is 0 Å². The molecule has 3 rings (SSSR count). The van der Waals surface area contributed by atoms with Crippen molar-refractivity contribution in [2.24, 2.45) is 0 Å². The fourth-order valence-corrected chi connectivity index (χ4v) is 2.47. The normalized spacial score (nSPS) is 10.2. The third-order valence-corrected chi connectivity index (χ3v) is 3.62. The number of H-pyrrole nitrogens is 1. The Morgan fingerprint density at radius 3 is 2.72 bits per heavy atom. The van der Waals surface area contributed by atoms with Gasteiger partial charge in [0.1, 0.15) is 0 Å². The number of anilines is 1. The van der Waals surface area contributed by atoms with E-state index in [9.17, 15) is 4.79 Å². The highest BCUT2D eigenvalue weighted by atomic mass is 16.1. The highest BCUT2D eigenvalue weighted by Gasteiger charge is 2.08. The second-order valence-electron chi connectivity index (χ2n) is 5.54. The van der Waals surface area contributed by atoms with E-state index >= 15 is 0 Å². The molecule has 0 aliphatic heterocycles. The number of rotatable bonds is 3. The predicted molar refractivity (Wildman–Crippen MR) is 97.8 cm³/mol. The zero-order chi connectivity index (χ0) is 17.6. The molecule has 0 atom stereocenters. The lowest BCUT2D eigenvalue weighted by Gasteiger charge is -2.03. The van der Waals surface area contributed by atoms with E-state index in [0.29, 0.717) is 0 Å².